The van der Waals surface area contributed by atoms with Crippen LogP contribution in [0, 0.1) is 18.8 Å². The Kier molecular flexibility index (Phi) is 2.87. The van der Waals surface area contributed by atoms with E-state index >= 15 is 0 Å². The Labute approximate surface area is 108 Å². The van der Waals surface area contributed by atoms with Gasteiger partial charge in [0.2, 0.25) is 0 Å². The quantitative estimate of drug-likeness (QED) is 0.851. The standard InChI is InChI=1S/C17H20O/c1-11-7-8-14-5-3-4-6-15(14)16(11)17(18)12(2)13-9-10-13/h3-8,12-13,17-18H,9-10H2,1-2H3. The number of rotatable bonds is 3. The predicted octanol–water partition coefficient (Wildman–Crippen LogP) is 4.23. The summed E-state index contributed by atoms with van der Waals surface area (Å²) in [6.45, 7) is 4.29. The van der Waals surface area contributed by atoms with Crippen molar-refractivity contribution < 1.29 is 5.11 Å². The molecule has 3 rings (SSSR count). The van der Waals surface area contributed by atoms with Crippen LogP contribution in [0.25, 0.3) is 10.8 Å². The van der Waals surface area contributed by atoms with E-state index in [0.717, 1.165) is 11.5 Å². The van der Waals surface area contributed by atoms with Crippen molar-refractivity contribution in [2.24, 2.45) is 11.8 Å². The summed E-state index contributed by atoms with van der Waals surface area (Å²) in [7, 11) is 0. The monoisotopic (exact) mass is 240 g/mol. The summed E-state index contributed by atoms with van der Waals surface area (Å²) in [5.74, 6) is 1.09. The summed E-state index contributed by atoms with van der Waals surface area (Å²) in [5.41, 5.74) is 2.33. The Balaban J connectivity index is 2.11. The van der Waals surface area contributed by atoms with E-state index in [-0.39, 0.29) is 6.10 Å². The maximum Gasteiger partial charge on any atom is 0.0826 e. The zero-order valence-corrected chi connectivity index (χ0v) is 11.1. The summed E-state index contributed by atoms with van der Waals surface area (Å²) < 4.78 is 0. The third kappa shape index (κ3) is 1.93. The molecule has 0 radical (unpaired) electrons. The number of hydrogen-bond acceptors (Lipinski definition) is 1. The second-order valence-corrected chi connectivity index (χ2v) is 5.66. The van der Waals surface area contributed by atoms with E-state index in [2.05, 4.69) is 50.2 Å². The van der Waals surface area contributed by atoms with Crippen LogP contribution in [0.4, 0.5) is 0 Å². The molecule has 1 nitrogen and oxygen atoms in total. The van der Waals surface area contributed by atoms with Crippen LogP contribution in [0.3, 0.4) is 0 Å². The van der Waals surface area contributed by atoms with Crippen molar-refractivity contribution in [3.8, 4) is 0 Å². The Morgan fingerprint density at radius 2 is 1.83 bits per heavy atom. The molecule has 2 aromatic rings. The summed E-state index contributed by atoms with van der Waals surface area (Å²) in [6, 6.07) is 12.6. The third-order valence-corrected chi connectivity index (χ3v) is 4.35. The molecule has 2 aromatic carbocycles. The maximum atomic E-state index is 10.7. The van der Waals surface area contributed by atoms with Crippen molar-refractivity contribution in [1.29, 1.82) is 0 Å². The Morgan fingerprint density at radius 1 is 1.11 bits per heavy atom. The summed E-state index contributed by atoms with van der Waals surface area (Å²) >= 11 is 0. The fraction of sp³-hybridized carbons (Fsp3) is 0.412. The first-order valence-electron chi connectivity index (χ1n) is 6.85. The number of aryl methyl sites for hydroxylation is 1. The molecule has 18 heavy (non-hydrogen) atoms. The van der Waals surface area contributed by atoms with Gasteiger partial charge in [-0.2, -0.15) is 0 Å². The number of aliphatic hydroxyl groups excluding tert-OH is 1. The van der Waals surface area contributed by atoms with Crippen LogP contribution in [0.5, 0.6) is 0 Å². The normalized spacial score (nSPS) is 18.8. The second kappa shape index (κ2) is 4.40. The Bertz CT molecular complexity index is 569. The molecule has 2 unspecified atom stereocenters. The molecule has 0 saturated heterocycles. The lowest BCUT2D eigenvalue weighted by atomic mass is 9.87. The van der Waals surface area contributed by atoms with E-state index in [9.17, 15) is 5.11 Å². The third-order valence-electron chi connectivity index (χ3n) is 4.35. The zero-order chi connectivity index (χ0) is 12.7. The number of aliphatic hydroxyl groups is 1. The molecular weight excluding hydrogens is 220 g/mol. The van der Waals surface area contributed by atoms with Crippen LogP contribution in [-0.4, -0.2) is 5.11 Å². The van der Waals surface area contributed by atoms with Crippen LogP contribution in [0.1, 0.15) is 37.0 Å². The van der Waals surface area contributed by atoms with Crippen molar-refractivity contribution in [2.75, 3.05) is 0 Å². The molecule has 1 saturated carbocycles. The van der Waals surface area contributed by atoms with E-state index in [1.54, 1.807) is 0 Å². The number of benzene rings is 2. The lowest BCUT2D eigenvalue weighted by Crippen LogP contribution is -2.12. The van der Waals surface area contributed by atoms with Crippen molar-refractivity contribution in [3.05, 3.63) is 47.5 Å². The average Bonchev–Trinajstić information content (AvgIpc) is 3.21. The number of hydrogen-bond donors (Lipinski definition) is 1. The predicted molar refractivity (Wildman–Crippen MR) is 75.5 cm³/mol. The maximum absolute atomic E-state index is 10.7. The van der Waals surface area contributed by atoms with Crippen molar-refractivity contribution in [3.63, 3.8) is 0 Å². The molecule has 1 aliphatic carbocycles. The highest BCUT2D eigenvalue weighted by atomic mass is 16.3. The fourth-order valence-corrected chi connectivity index (χ4v) is 2.94. The van der Waals surface area contributed by atoms with Gasteiger partial charge in [0, 0.05) is 0 Å². The van der Waals surface area contributed by atoms with Crippen LogP contribution in [0.2, 0.25) is 0 Å². The van der Waals surface area contributed by atoms with Crippen LogP contribution >= 0.6 is 0 Å². The second-order valence-electron chi connectivity index (χ2n) is 5.66. The van der Waals surface area contributed by atoms with Gasteiger partial charge in [-0.3, -0.25) is 0 Å². The highest BCUT2D eigenvalue weighted by Gasteiger charge is 2.34. The summed E-state index contributed by atoms with van der Waals surface area (Å²) in [4.78, 5) is 0. The highest BCUT2D eigenvalue weighted by molar-refractivity contribution is 5.87. The minimum Gasteiger partial charge on any atom is -0.388 e. The zero-order valence-electron chi connectivity index (χ0n) is 11.1. The smallest absolute Gasteiger partial charge is 0.0826 e. The molecule has 0 aromatic heterocycles. The Hall–Kier alpha value is -1.34. The molecule has 1 aliphatic rings. The first-order valence-corrected chi connectivity index (χ1v) is 6.85. The van der Waals surface area contributed by atoms with E-state index < -0.39 is 0 Å². The van der Waals surface area contributed by atoms with Crippen LogP contribution < -0.4 is 0 Å². The Morgan fingerprint density at radius 3 is 2.56 bits per heavy atom. The fourth-order valence-electron chi connectivity index (χ4n) is 2.94. The number of fused-ring (bicyclic) bond motifs is 1. The van der Waals surface area contributed by atoms with Gasteiger partial charge in [-0.25, -0.2) is 0 Å². The van der Waals surface area contributed by atoms with E-state index in [1.807, 2.05) is 0 Å². The molecule has 0 bridgehead atoms. The summed E-state index contributed by atoms with van der Waals surface area (Å²) in [5, 5.41) is 13.1. The van der Waals surface area contributed by atoms with E-state index in [0.29, 0.717) is 5.92 Å². The van der Waals surface area contributed by atoms with Crippen molar-refractivity contribution >= 4 is 10.8 Å². The minimum atomic E-state index is -0.330. The molecule has 0 aliphatic heterocycles. The van der Waals surface area contributed by atoms with Gasteiger partial charge in [0.05, 0.1) is 6.10 Å². The lowest BCUT2D eigenvalue weighted by molar-refractivity contribution is 0.106. The van der Waals surface area contributed by atoms with Gasteiger partial charge in [-0.15, -0.1) is 0 Å². The SMILES string of the molecule is Cc1ccc2ccccc2c1C(O)C(C)C1CC1. The van der Waals surface area contributed by atoms with Gasteiger partial charge < -0.3 is 5.11 Å². The molecule has 94 valence electrons. The average molecular weight is 240 g/mol. The lowest BCUT2D eigenvalue weighted by Gasteiger charge is -2.22. The molecule has 0 amide bonds. The molecular formula is C17H20O. The van der Waals surface area contributed by atoms with Crippen molar-refractivity contribution in [2.45, 2.75) is 32.8 Å². The van der Waals surface area contributed by atoms with Gasteiger partial charge in [0.25, 0.3) is 0 Å². The highest BCUT2D eigenvalue weighted by Crippen LogP contribution is 2.44. The molecule has 1 fully saturated rings. The van der Waals surface area contributed by atoms with Crippen molar-refractivity contribution in [1.82, 2.24) is 0 Å². The molecule has 1 N–H and O–H groups in total. The van der Waals surface area contributed by atoms with Gasteiger partial charge in [0.15, 0.2) is 0 Å². The summed E-state index contributed by atoms with van der Waals surface area (Å²) in [6.07, 6.45) is 2.23. The van der Waals surface area contributed by atoms with Crippen LogP contribution in [0.15, 0.2) is 36.4 Å². The first kappa shape index (κ1) is 11.7. The van der Waals surface area contributed by atoms with Gasteiger partial charge in [0.1, 0.15) is 0 Å². The molecule has 0 spiro atoms. The minimum absolute atomic E-state index is 0.330. The van der Waals surface area contributed by atoms with Gasteiger partial charge in [-0.05, 0) is 53.5 Å². The van der Waals surface area contributed by atoms with Gasteiger partial charge in [-0.1, -0.05) is 43.3 Å². The topological polar surface area (TPSA) is 20.2 Å². The van der Waals surface area contributed by atoms with Crippen LogP contribution in [-0.2, 0) is 0 Å². The largest absolute Gasteiger partial charge is 0.388 e. The molecule has 1 heteroatoms. The molecule has 0 heterocycles. The van der Waals surface area contributed by atoms with E-state index in [4.69, 9.17) is 0 Å². The van der Waals surface area contributed by atoms with Gasteiger partial charge >= 0.3 is 0 Å². The van der Waals surface area contributed by atoms with E-state index in [1.165, 1.54) is 29.2 Å². The molecule has 2 atom stereocenters. The first-order chi connectivity index (χ1) is 8.68.